The van der Waals surface area contributed by atoms with Crippen LogP contribution in [0.3, 0.4) is 0 Å². The number of anilines is 3. The lowest BCUT2D eigenvalue weighted by atomic mass is 9.70. The van der Waals surface area contributed by atoms with Crippen LogP contribution in [0.4, 0.5) is 17.1 Å². The Morgan fingerprint density at radius 3 is 1.39 bits per heavy atom. The Balaban J connectivity index is 1.05. The first-order valence-electron chi connectivity index (χ1n) is 23.2. The molecule has 1 aromatic heterocycles. The lowest BCUT2D eigenvalue weighted by Gasteiger charge is -2.33. The lowest BCUT2D eigenvalue weighted by Crippen LogP contribution is -2.26. The van der Waals surface area contributed by atoms with Crippen LogP contribution < -0.4 is 4.90 Å². The van der Waals surface area contributed by atoms with Crippen molar-refractivity contribution >= 4 is 38.9 Å². The summed E-state index contributed by atoms with van der Waals surface area (Å²) >= 11 is 0. The first kappa shape index (κ1) is 37.2. The molecule has 14 rings (SSSR count). The van der Waals surface area contributed by atoms with Crippen LogP contribution in [0.5, 0.6) is 0 Å². The molecular weight excluding hydrogens is 797 g/mol. The SMILES string of the molecule is CC1(C)c2ccccc2-c2cccc(-c3ccccc3N(c3cccc(-n4c5ccccc5c5ccccc54)c3)c3ccc4c(c3)C3(c5ccccc5-c5ccccc53)c3ccccc3-4)c21. The summed E-state index contributed by atoms with van der Waals surface area (Å²) < 4.78 is 2.43. The lowest BCUT2D eigenvalue weighted by molar-refractivity contribution is 0.662. The number of hydrogen-bond acceptors (Lipinski definition) is 1. The van der Waals surface area contributed by atoms with Crippen molar-refractivity contribution in [2.45, 2.75) is 24.7 Å². The third-order valence-electron chi connectivity index (χ3n) is 15.2. The van der Waals surface area contributed by atoms with E-state index >= 15 is 0 Å². The Morgan fingerprint density at radius 2 is 0.773 bits per heavy atom. The summed E-state index contributed by atoms with van der Waals surface area (Å²) in [5.74, 6) is 0. The molecule has 11 aromatic rings. The monoisotopic (exact) mass is 840 g/mol. The molecule has 2 heteroatoms. The third kappa shape index (κ3) is 4.85. The molecule has 0 radical (unpaired) electrons. The van der Waals surface area contributed by atoms with Crippen molar-refractivity contribution < 1.29 is 0 Å². The highest BCUT2D eigenvalue weighted by atomic mass is 15.1. The van der Waals surface area contributed by atoms with Gasteiger partial charge >= 0.3 is 0 Å². The van der Waals surface area contributed by atoms with Gasteiger partial charge < -0.3 is 9.47 Å². The van der Waals surface area contributed by atoms with Gasteiger partial charge in [0.05, 0.1) is 22.1 Å². The molecule has 0 fully saturated rings. The minimum atomic E-state index is -0.471. The number of aromatic nitrogens is 1. The Labute approximate surface area is 385 Å². The summed E-state index contributed by atoms with van der Waals surface area (Å²) in [6, 6.07) is 86.3. The topological polar surface area (TPSA) is 8.17 Å². The number of fused-ring (bicyclic) bond motifs is 16. The molecule has 3 aliphatic carbocycles. The van der Waals surface area contributed by atoms with E-state index in [1.54, 1.807) is 0 Å². The summed E-state index contributed by atoms with van der Waals surface area (Å²) in [6.45, 7) is 4.79. The van der Waals surface area contributed by atoms with Gasteiger partial charge in [-0.25, -0.2) is 0 Å². The summed E-state index contributed by atoms with van der Waals surface area (Å²) in [4.78, 5) is 2.53. The van der Waals surface area contributed by atoms with E-state index in [-0.39, 0.29) is 5.41 Å². The highest BCUT2D eigenvalue weighted by molar-refractivity contribution is 6.09. The van der Waals surface area contributed by atoms with Gasteiger partial charge in [-0.1, -0.05) is 196 Å². The van der Waals surface area contributed by atoms with Crippen LogP contribution in [0, 0.1) is 0 Å². The van der Waals surface area contributed by atoms with Gasteiger partial charge in [0.25, 0.3) is 0 Å². The molecule has 0 aliphatic heterocycles. The van der Waals surface area contributed by atoms with Gasteiger partial charge in [0.15, 0.2) is 0 Å². The van der Waals surface area contributed by atoms with Crippen LogP contribution in [0.2, 0.25) is 0 Å². The molecule has 0 bridgehead atoms. The minimum absolute atomic E-state index is 0.189. The highest BCUT2D eigenvalue weighted by Gasteiger charge is 2.51. The second kappa shape index (κ2) is 13.7. The predicted octanol–water partition coefficient (Wildman–Crippen LogP) is 16.6. The van der Waals surface area contributed by atoms with Crippen molar-refractivity contribution in [2.75, 3.05) is 4.90 Å². The van der Waals surface area contributed by atoms with Crippen LogP contribution in [0.25, 0.3) is 72.0 Å². The van der Waals surface area contributed by atoms with Crippen molar-refractivity contribution in [3.63, 3.8) is 0 Å². The fourth-order valence-electron chi connectivity index (χ4n) is 12.6. The van der Waals surface area contributed by atoms with E-state index in [9.17, 15) is 0 Å². The van der Waals surface area contributed by atoms with Crippen LogP contribution in [0.15, 0.2) is 231 Å². The van der Waals surface area contributed by atoms with Gasteiger partial charge in [-0.2, -0.15) is 0 Å². The zero-order valence-corrected chi connectivity index (χ0v) is 36.8. The van der Waals surface area contributed by atoms with E-state index in [1.807, 2.05) is 0 Å². The zero-order valence-electron chi connectivity index (χ0n) is 36.8. The Morgan fingerprint density at radius 1 is 0.333 bits per heavy atom. The zero-order chi connectivity index (χ0) is 43.7. The number of benzene rings is 10. The Bertz CT molecular complexity index is 3710. The molecule has 1 heterocycles. The molecule has 0 amide bonds. The smallest absolute Gasteiger partial charge is 0.0726 e. The molecule has 0 saturated carbocycles. The first-order chi connectivity index (χ1) is 32.5. The molecule has 1 spiro atoms. The fraction of sp³-hybridized carbons (Fsp3) is 0.0625. The largest absolute Gasteiger partial charge is 0.310 e. The van der Waals surface area contributed by atoms with Crippen molar-refractivity contribution in [3.05, 3.63) is 264 Å². The van der Waals surface area contributed by atoms with Gasteiger partial charge in [0.1, 0.15) is 0 Å². The van der Waals surface area contributed by atoms with E-state index < -0.39 is 5.41 Å². The van der Waals surface area contributed by atoms with E-state index in [4.69, 9.17) is 0 Å². The molecule has 2 nitrogen and oxygen atoms in total. The maximum Gasteiger partial charge on any atom is 0.0726 e. The normalized spacial score (nSPS) is 14.2. The van der Waals surface area contributed by atoms with E-state index in [0.717, 1.165) is 22.7 Å². The molecule has 0 N–H and O–H groups in total. The molecule has 0 atom stereocenters. The molecule has 0 saturated heterocycles. The molecular formula is C64H44N2. The van der Waals surface area contributed by atoms with E-state index in [2.05, 4.69) is 254 Å². The fourth-order valence-corrected chi connectivity index (χ4v) is 12.6. The van der Waals surface area contributed by atoms with Crippen LogP contribution in [-0.2, 0) is 10.8 Å². The number of hydrogen-bond donors (Lipinski definition) is 0. The van der Waals surface area contributed by atoms with Crippen LogP contribution in [-0.4, -0.2) is 4.57 Å². The summed E-state index contributed by atoms with van der Waals surface area (Å²) in [6.07, 6.45) is 0. The van der Waals surface area contributed by atoms with Gasteiger partial charge in [-0.3, -0.25) is 0 Å². The maximum absolute atomic E-state index is 2.53. The highest BCUT2D eigenvalue weighted by Crippen LogP contribution is 2.63. The average molecular weight is 841 g/mol. The molecule has 66 heavy (non-hydrogen) atoms. The number of para-hydroxylation sites is 3. The molecule has 3 aliphatic rings. The van der Waals surface area contributed by atoms with Crippen molar-refractivity contribution in [2.24, 2.45) is 0 Å². The summed E-state index contributed by atoms with van der Waals surface area (Å²) in [5.41, 5.74) is 24.6. The number of nitrogens with zero attached hydrogens (tertiary/aromatic N) is 2. The minimum Gasteiger partial charge on any atom is -0.310 e. The van der Waals surface area contributed by atoms with Crippen molar-refractivity contribution in [3.8, 4) is 50.2 Å². The Hall–Kier alpha value is -8.20. The van der Waals surface area contributed by atoms with Crippen LogP contribution >= 0.6 is 0 Å². The average Bonchev–Trinajstić information content (AvgIpc) is 4.05. The van der Waals surface area contributed by atoms with Crippen molar-refractivity contribution in [1.29, 1.82) is 0 Å². The summed E-state index contributed by atoms with van der Waals surface area (Å²) in [7, 11) is 0. The van der Waals surface area contributed by atoms with Crippen LogP contribution in [0.1, 0.15) is 47.2 Å². The molecule has 310 valence electrons. The standard InChI is InChI=1S/C64H44N2/c1-63(2)54-30-10-3-24-47(54)52-28-18-29-53(62(52)63)51-27-9-14-34-59(51)65(41-19-17-20-42(39-41)66-60-35-15-7-25-49(60)50-26-8-16-36-61(50)66)43-37-38-48-46-23-6-13-33-57(46)64(58(48)40-43)55-31-11-4-21-44(55)45-22-5-12-32-56(45)64/h3-40H,1-2H3. The Kier molecular flexibility index (Phi) is 7.70. The van der Waals surface area contributed by atoms with E-state index in [0.29, 0.717) is 0 Å². The van der Waals surface area contributed by atoms with E-state index in [1.165, 1.54) is 99.7 Å². The predicted molar refractivity (Wildman–Crippen MR) is 275 cm³/mol. The van der Waals surface area contributed by atoms with Gasteiger partial charge in [0.2, 0.25) is 0 Å². The van der Waals surface area contributed by atoms with Gasteiger partial charge in [-0.05, 0) is 121 Å². The van der Waals surface area contributed by atoms with Crippen molar-refractivity contribution in [1.82, 2.24) is 4.57 Å². The first-order valence-corrected chi connectivity index (χ1v) is 23.2. The summed E-state index contributed by atoms with van der Waals surface area (Å²) in [5, 5.41) is 2.51. The third-order valence-corrected chi connectivity index (χ3v) is 15.2. The second-order valence-electron chi connectivity index (χ2n) is 18.8. The number of rotatable bonds is 5. The molecule has 10 aromatic carbocycles. The molecule has 0 unspecified atom stereocenters. The second-order valence-corrected chi connectivity index (χ2v) is 18.8. The van der Waals surface area contributed by atoms with Gasteiger partial charge in [-0.15, -0.1) is 0 Å². The van der Waals surface area contributed by atoms with Gasteiger partial charge in [0, 0.05) is 38.8 Å². The maximum atomic E-state index is 2.53. The quantitative estimate of drug-likeness (QED) is 0.168.